The normalized spacial score (nSPS) is 11.4. The van der Waals surface area contributed by atoms with Gasteiger partial charge in [-0.15, -0.1) is 0 Å². The van der Waals surface area contributed by atoms with Gasteiger partial charge in [0.05, 0.1) is 5.02 Å². The number of rotatable bonds is 7. The average Bonchev–Trinajstić information content (AvgIpc) is 2.63. The van der Waals surface area contributed by atoms with Gasteiger partial charge >= 0.3 is 5.97 Å². The smallest absolute Gasteiger partial charge is 0.344 e. The Morgan fingerprint density at radius 3 is 2.41 bits per heavy atom. The highest BCUT2D eigenvalue weighted by Gasteiger charge is 2.18. The lowest BCUT2D eigenvalue weighted by atomic mass is 10.1. The van der Waals surface area contributed by atoms with Gasteiger partial charge in [-0.2, -0.15) is 0 Å². The number of benzene rings is 2. The lowest BCUT2D eigenvalue weighted by Gasteiger charge is -2.14. The molecule has 0 bridgehead atoms. The summed E-state index contributed by atoms with van der Waals surface area (Å²) in [6.45, 7) is 2.43. The number of halogens is 2. The lowest BCUT2D eigenvalue weighted by molar-refractivity contribution is -0.155. The number of nitrogens with one attached hydrogen (secondary N) is 1. The van der Waals surface area contributed by atoms with Gasteiger partial charge in [-0.1, -0.05) is 11.6 Å². The second kappa shape index (κ2) is 9.14. The fourth-order valence-corrected chi connectivity index (χ4v) is 2.21. The molecule has 0 saturated carbocycles. The summed E-state index contributed by atoms with van der Waals surface area (Å²) in [5.41, 5.74) is 0.798. The molecule has 1 N–H and O–H groups in total. The van der Waals surface area contributed by atoms with Crippen molar-refractivity contribution in [3.8, 4) is 5.75 Å². The van der Waals surface area contributed by atoms with Crippen LogP contribution in [0.4, 0.5) is 10.1 Å². The second-order valence-corrected chi connectivity index (χ2v) is 6.03. The molecule has 8 heteroatoms. The van der Waals surface area contributed by atoms with Crippen molar-refractivity contribution in [2.75, 3.05) is 11.9 Å². The maximum absolute atomic E-state index is 13.1. The molecule has 2 aromatic carbocycles. The monoisotopic (exact) mass is 393 g/mol. The molecule has 2 rings (SSSR count). The zero-order chi connectivity index (χ0) is 20.0. The number of esters is 1. The molecule has 2 aromatic rings. The Kier molecular flexibility index (Phi) is 6.90. The van der Waals surface area contributed by atoms with E-state index in [2.05, 4.69) is 5.32 Å². The molecule has 0 unspecified atom stereocenters. The number of hydrogen-bond acceptors (Lipinski definition) is 5. The van der Waals surface area contributed by atoms with E-state index in [1.54, 1.807) is 24.3 Å². The number of ether oxygens (including phenoxy) is 2. The molecule has 142 valence electrons. The maximum Gasteiger partial charge on any atom is 0.344 e. The van der Waals surface area contributed by atoms with Crippen molar-refractivity contribution in [3.63, 3.8) is 0 Å². The zero-order valence-corrected chi connectivity index (χ0v) is 15.4. The molecule has 1 amide bonds. The van der Waals surface area contributed by atoms with E-state index in [4.69, 9.17) is 21.1 Å². The molecular weight excluding hydrogens is 377 g/mol. The Hall–Kier alpha value is -2.93. The van der Waals surface area contributed by atoms with Gasteiger partial charge in [-0.25, -0.2) is 9.18 Å². The highest BCUT2D eigenvalue weighted by atomic mass is 35.5. The maximum atomic E-state index is 13.1. The first-order valence-corrected chi connectivity index (χ1v) is 8.33. The van der Waals surface area contributed by atoms with Crippen LogP contribution in [0.3, 0.4) is 0 Å². The van der Waals surface area contributed by atoms with Crippen molar-refractivity contribution in [2.24, 2.45) is 0 Å². The van der Waals surface area contributed by atoms with Crippen molar-refractivity contribution in [2.45, 2.75) is 20.0 Å². The Morgan fingerprint density at radius 1 is 1.15 bits per heavy atom. The summed E-state index contributed by atoms with van der Waals surface area (Å²) in [5, 5.41) is 2.33. The minimum Gasteiger partial charge on any atom is -0.482 e. The van der Waals surface area contributed by atoms with Crippen molar-refractivity contribution < 1.29 is 28.2 Å². The third-order valence-electron chi connectivity index (χ3n) is 3.48. The highest BCUT2D eigenvalue weighted by molar-refractivity contribution is 6.31. The van der Waals surface area contributed by atoms with Crippen molar-refractivity contribution >= 4 is 34.9 Å². The number of carbonyl (C=O) groups excluding carboxylic acids is 3. The van der Waals surface area contributed by atoms with Crippen LogP contribution in [0.15, 0.2) is 42.5 Å². The van der Waals surface area contributed by atoms with E-state index in [0.29, 0.717) is 11.3 Å². The summed E-state index contributed by atoms with van der Waals surface area (Å²) in [6, 6.07) is 9.95. The van der Waals surface area contributed by atoms with E-state index in [1.807, 2.05) is 0 Å². The van der Waals surface area contributed by atoms with E-state index < -0.39 is 30.4 Å². The Bertz CT molecular complexity index is 854. The predicted molar refractivity (Wildman–Crippen MR) is 97.5 cm³/mol. The molecule has 0 aliphatic heterocycles. The van der Waals surface area contributed by atoms with E-state index in [-0.39, 0.29) is 16.5 Å². The van der Waals surface area contributed by atoms with Gasteiger partial charge in [0.25, 0.3) is 5.91 Å². The van der Waals surface area contributed by atoms with E-state index >= 15 is 0 Å². The van der Waals surface area contributed by atoms with Gasteiger partial charge in [0, 0.05) is 11.3 Å². The standard InChI is InChI=1S/C19H17ClFNO5/c1-11(23)13-3-6-15(7-4-13)26-10-18(24)27-12(2)19(25)22-14-5-8-17(21)16(20)9-14/h3-9,12H,10H2,1-2H3,(H,22,25)/t12-/m1/s1. The van der Waals surface area contributed by atoms with Crippen LogP contribution < -0.4 is 10.1 Å². The number of Topliss-reactive ketones (excluding diaryl/α,β-unsaturated/α-hetero) is 1. The van der Waals surface area contributed by atoms with Crippen molar-refractivity contribution in [1.82, 2.24) is 0 Å². The Balaban J connectivity index is 1.82. The van der Waals surface area contributed by atoms with Gasteiger partial charge < -0.3 is 14.8 Å². The number of amides is 1. The van der Waals surface area contributed by atoms with Gasteiger partial charge in [0.15, 0.2) is 18.5 Å². The van der Waals surface area contributed by atoms with Gasteiger partial charge in [0.2, 0.25) is 0 Å². The fraction of sp³-hybridized carbons (Fsp3) is 0.211. The zero-order valence-electron chi connectivity index (χ0n) is 14.6. The summed E-state index contributed by atoms with van der Waals surface area (Å²) >= 11 is 5.64. The van der Waals surface area contributed by atoms with Gasteiger partial charge in [-0.05, 0) is 56.3 Å². The summed E-state index contributed by atoms with van der Waals surface area (Å²) < 4.78 is 23.3. The first-order chi connectivity index (χ1) is 12.8. The molecule has 0 spiro atoms. The van der Waals surface area contributed by atoms with E-state index in [1.165, 1.54) is 26.0 Å². The Labute approximate surface area is 160 Å². The molecule has 27 heavy (non-hydrogen) atoms. The minimum absolute atomic E-state index is 0.0803. The van der Waals surface area contributed by atoms with Crippen LogP contribution in [0.5, 0.6) is 5.75 Å². The first kappa shape index (κ1) is 20.4. The molecule has 0 aliphatic rings. The van der Waals surface area contributed by atoms with Crippen molar-refractivity contribution in [3.05, 3.63) is 58.9 Å². The molecule has 0 heterocycles. The molecule has 0 saturated heterocycles. The largest absolute Gasteiger partial charge is 0.482 e. The van der Waals surface area contributed by atoms with Crippen LogP contribution in [0.25, 0.3) is 0 Å². The van der Waals surface area contributed by atoms with Crippen molar-refractivity contribution in [1.29, 1.82) is 0 Å². The van der Waals surface area contributed by atoms with Crippen LogP contribution in [-0.2, 0) is 14.3 Å². The van der Waals surface area contributed by atoms with Crippen LogP contribution in [0, 0.1) is 5.82 Å². The number of hydrogen-bond donors (Lipinski definition) is 1. The topological polar surface area (TPSA) is 81.7 Å². The fourth-order valence-electron chi connectivity index (χ4n) is 2.03. The third kappa shape index (κ3) is 6.07. The third-order valence-corrected chi connectivity index (χ3v) is 3.77. The quantitative estimate of drug-likeness (QED) is 0.573. The van der Waals surface area contributed by atoms with Gasteiger partial charge in [0.1, 0.15) is 11.6 Å². The molecule has 0 fully saturated rings. The average molecular weight is 394 g/mol. The lowest BCUT2D eigenvalue weighted by Crippen LogP contribution is -2.31. The van der Waals surface area contributed by atoms with Crippen LogP contribution in [0.2, 0.25) is 5.02 Å². The number of ketones is 1. The Morgan fingerprint density at radius 2 is 1.81 bits per heavy atom. The minimum atomic E-state index is -1.09. The van der Waals surface area contributed by atoms with E-state index in [0.717, 1.165) is 6.07 Å². The molecule has 0 radical (unpaired) electrons. The predicted octanol–water partition coefficient (Wildman–Crippen LogP) is 3.63. The highest BCUT2D eigenvalue weighted by Crippen LogP contribution is 2.19. The summed E-state index contributed by atoms with van der Waals surface area (Å²) in [7, 11) is 0. The molecule has 6 nitrogen and oxygen atoms in total. The summed E-state index contributed by atoms with van der Waals surface area (Å²) in [6.07, 6.45) is -1.09. The first-order valence-electron chi connectivity index (χ1n) is 7.95. The van der Waals surface area contributed by atoms with Crippen LogP contribution in [0.1, 0.15) is 24.2 Å². The molecule has 0 aliphatic carbocycles. The number of anilines is 1. The molecular formula is C19H17ClFNO5. The SMILES string of the molecule is CC(=O)c1ccc(OCC(=O)O[C@H](C)C(=O)Nc2ccc(F)c(Cl)c2)cc1. The molecule has 1 atom stereocenters. The molecule has 0 aromatic heterocycles. The van der Waals surface area contributed by atoms with E-state index in [9.17, 15) is 18.8 Å². The second-order valence-electron chi connectivity index (χ2n) is 5.62. The van der Waals surface area contributed by atoms with Gasteiger partial charge in [-0.3, -0.25) is 9.59 Å². The van der Waals surface area contributed by atoms with Crippen LogP contribution in [-0.4, -0.2) is 30.4 Å². The summed E-state index contributed by atoms with van der Waals surface area (Å²) in [5.74, 6) is -1.65. The van der Waals surface area contributed by atoms with Crippen LogP contribution >= 0.6 is 11.6 Å². The summed E-state index contributed by atoms with van der Waals surface area (Å²) in [4.78, 5) is 35.0. The number of carbonyl (C=O) groups is 3.